The molecule has 1 fully saturated rings. The summed E-state index contributed by atoms with van der Waals surface area (Å²) >= 11 is 1.42. The summed E-state index contributed by atoms with van der Waals surface area (Å²) in [6, 6.07) is 6.25. The minimum absolute atomic E-state index is 0.0500. The summed E-state index contributed by atoms with van der Waals surface area (Å²) in [6.45, 7) is 5.07. The lowest BCUT2D eigenvalue weighted by molar-refractivity contribution is -0.130. The van der Waals surface area contributed by atoms with Gasteiger partial charge in [0.25, 0.3) is 0 Å². The highest BCUT2D eigenvalue weighted by atomic mass is 32.1. The molecule has 128 valence electrons. The minimum Gasteiger partial charge on any atom is -0.345 e. The Bertz CT molecular complexity index is 705. The number of carbonyl (C=O) groups is 1. The van der Waals surface area contributed by atoms with Gasteiger partial charge in [-0.05, 0) is 24.1 Å². The van der Waals surface area contributed by atoms with Crippen molar-refractivity contribution in [1.29, 1.82) is 0 Å². The zero-order valence-corrected chi connectivity index (χ0v) is 14.6. The van der Waals surface area contributed by atoms with E-state index in [1.165, 1.54) is 23.7 Å². The number of halogens is 1. The molecule has 0 aliphatic carbocycles. The minimum atomic E-state index is -0.301. The molecule has 0 radical (unpaired) electrons. The second-order valence-corrected chi connectivity index (χ2v) is 6.61. The quantitative estimate of drug-likeness (QED) is 0.852. The van der Waals surface area contributed by atoms with Crippen LogP contribution in [0.4, 0.5) is 9.52 Å². The monoisotopic (exact) mass is 348 g/mol. The SMILES string of the molecule is CCc1nsc(N2CCCN(C(=O)Cc3cccc(F)c3)CC2)n1. The van der Waals surface area contributed by atoms with Gasteiger partial charge in [-0.25, -0.2) is 9.37 Å². The average molecular weight is 348 g/mol. The molecule has 0 spiro atoms. The van der Waals surface area contributed by atoms with E-state index in [1.807, 2.05) is 11.8 Å². The average Bonchev–Trinajstić information content (AvgIpc) is 2.91. The summed E-state index contributed by atoms with van der Waals surface area (Å²) in [7, 11) is 0. The van der Waals surface area contributed by atoms with Gasteiger partial charge in [-0.3, -0.25) is 4.79 Å². The second kappa shape index (κ2) is 7.70. The molecule has 3 rings (SSSR count). The molecule has 24 heavy (non-hydrogen) atoms. The van der Waals surface area contributed by atoms with Crippen LogP contribution in [0.1, 0.15) is 24.7 Å². The van der Waals surface area contributed by atoms with Gasteiger partial charge in [-0.2, -0.15) is 4.37 Å². The first-order valence-electron chi connectivity index (χ1n) is 8.25. The predicted octanol–water partition coefficient (Wildman–Crippen LogP) is 2.52. The van der Waals surface area contributed by atoms with E-state index in [2.05, 4.69) is 14.3 Å². The fraction of sp³-hybridized carbons (Fsp3) is 0.471. The molecule has 1 aliphatic rings. The Morgan fingerprint density at radius 2 is 2.17 bits per heavy atom. The summed E-state index contributed by atoms with van der Waals surface area (Å²) in [5.41, 5.74) is 0.720. The van der Waals surface area contributed by atoms with E-state index in [-0.39, 0.29) is 18.1 Å². The van der Waals surface area contributed by atoms with Gasteiger partial charge >= 0.3 is 0 Å². The molecule has 7 heteroatoms. The van der Waals surface area contributed by atoms with Gasteiger partial charge < -0.3 is 9.80 Å². The number of hydrogen-bond donors (Lipinski definition) is 0. The van der Waals surface area contributed by atoms with Crippen molar-refractivity contribution in [3.8, 4) is 0 Å². The first-order valence-corrected chi connectivity index (χ1v) is 9.03. The van der Waals surface area contributed by atoms with E-state index in [0.29, 0.717) is 6.54 Å². The van der Waals surface area contributed by atoms with Crippen LogP contribution in [0.5, 0.6) is 0 Å². The van der Waals surface area contributed by atoms with Crippen LogP contribution >= 0.6 is 11.5 Å². The van der Waals surface area contributed by atoms with Crippen LogP contribution in [-0.4, -0.2) is 46.3 Å². The van der Waals surface area contributed by atoms with Crippen molar-refractivity contribution in [2.45, 2.75) is 26.2 Å². The normalized spacial score (nSPS) is 15.4. The van der Waals surface area contributed by atoms with E-state index >= 15 is 0 Å². The fourth-order valence-electron chi connectivity index (χ4n) is 2.81. The third-order valence-corrected chi connectivity index (χ3v) is 4.95. The zero-order valence-electron chi connectivity index (χ0n) is 13.7. The summed E-state index contributed by atoms with van der Waals surface area (Å²) in [5.74, 6) is 0.623. The van der Waals surface area contributed by atoms with Crippen molar-refractivity contribution in [3.05, 3.63) is 41.5 Å². The second-order valence-electron chi connectivity index (χ2n) is 5.87. The van der Waals surface area contributed by atoms with Crippen molar-refractivity contribution in [1.82, 2.24) is 14.3 Å². The molecule has 0 unspecified atom stereocenters. The molecule has 1 aliphatic heterocycles. The maximum Gasteiger partial charge on any atom is 0.227 e. The molecule has 1 amide bonds. The Morgan fingerprint density at radius 3 is 2.92 bits per heavy atom. The summed E-state index contributed by atoms with van der Waals surface area (Å²) in [4.78, 5) is 21.1. The highest BCUT2D eigenvalue weighted by Crippen LogP contribution is 2.19. The van der Waals surface area contributed by atoms with Crippen LogP contribution in [0.25, 0.3) is 0 Å². The number of nitrogens with zero attached hydrogens (tertiary/aromatic N) is 4. The lowest BCUT2D eigenvalue weighted by Crippen LogP contribution is -2.36. The number of aryl methyl sites for hydroxylation is 1. The van der Waals surface area contributed by atoms with Crippen molar-refractivity contribution >= 4 is 22.6 Å². The molecule has 1 saturated heterocycles. The van der Waals surface area contributed by atoms with Crippen LogP contribution < -0.4 is 4.90 Å². The third kappa shape index (κ3) is 4.08. The number of rotatable bonds is 4. The van der Waals surface area contributed by atoms with Crippen LogP contribution in [0.2, 0.25) is 0 Å². The van der Waals surface area contributed by atoms with Crippen molar-refractivity contribution in [2.75, 3.05) is 31.1 Å². The van der Waals surface area contributed by atoms with Crippen LogP contribution in [-0.2, 0) is 17.6 Å². The smallest absolute Gasteiger partial charge is 0.227 e. The van der Waals surface area contributed by atoms with E-state index in [9.17, 15) is 9.18 Å². The number of hydrogen-bond acceptors (Lipinski definition) is 5. The molecular formula is C17H21FN4OS. The number of carbonyl (C=O) groups excluding carboxylic acids is 1. The van der Waals surface area contributed by atoms with Gasteiger partial charge in [0.05, 0.1) is 6.42 Å². The number of amides is 1. The molecule has 2 heterocycles. The maximum absolute atomic E-state index is 13.3. The Morgan fingerprint density at radius 1 is 1.29 bits per heavy atom. The fourth-order valence-corrected chi connectivity index (χ4v) is 3.61. The summed E-state index contributed by atoms with van der Waals surface area (Å²) < 4.78 is 17.6. The number of benzene rings is 1. The molecule has 0 bridgehead atoms. The Labute approximate surface area is 145 Å². The summed E-state index contributed by atoms with van der Waals surface area (Å²) in [6.07, 6.45) is 1.98. The van der Waals surface area contributed by atoms with Crippen LogP contribution in [0.15, 0.2) is 24.3 Å². The van der Waals surface area contributed by atoms with E-state index in [1.54, 1.807) is 12.1 Å². The van der Waals surface area contributed by atoms with Crippen LogP contribution in [0, 0.1) is 5.82 Å². The molecule has 1 aromatic heterocycles. The van der Waals surface area contributed by atoms with Gasteiger partial charge in [0.1, 0.15) is 11.6 Å². The Kier molecular flexibility index (Phi) is 5.40. The van der Waals surface area contributed by atoms with E-state index in [4.69, 9.17) is 0 Å². The zero-order chi connectivity index (χ0) is 16.9. The number of anilines is 1. The molecule has 0 atom stereocenters. The van der Waals surface area contributed by atoms with Gasteiger partial charge in [0.15, 0.2) is 0 Å². The maximum atomic E-state index is 13.3. The van der Waals surface area contributed by atoms with Gasteiger partial charge in [0, 0.05) is 44.1 Å². The molecule has 5 nitrogen and oxygen atoms in total. The Hall–Kier alpha value is -2.02. The van der Waals surface area contributed by atoms with Crippen LogP contribution in [0.3, 0.4) is 0 Å². The van der Waals surface area contributed by atoms with E-state index < -0.39 is 0 Å². The number of aromatic nitrogens is 2. The molecule has 1 aromatic carbocycles. The predicted molar refractivity (Wildman–Crippen MR) is 92.8 cm³/mol. The molecular weight excluding hydrogens is 327 g/mol. The van der Waals surface area contributed by atoms with E-state index in [0.717, 1.165) is 49.0 Å². The molecule has 0 saturated carbocycles. The van der Waals surface area contributed by atoms with Gasteiger partial charge in [0.2, 0.25) is 11.0 Å². The first kappa shape index (κ1) is 16.8. The van der Waals surface area contributed by atoms with Gasteiger partial charge in [-0.1, -0.05) is 19.1 Å². The van der Waals surface area contributed by atoms with Gasteiger partial charge in [-0.15, -0.1) is 0 Å². The lowest BCUT2D eigenvalue weighted by Gasteiger charge is -2.21. The highest BCUT2D eigenvalue weighted by molar-refractivity contribution is 7.09. The van der Waals surface area contributed by atoms with Crippen molar-refractivity contribution < 1.29 is 9.18 Å². The third-order valence-electron chi connectivity index (χ3n) is 4.14. The Balaban J connectivity index is 1.59. The summed E-state index contributed by atoms with van der Waals surface area (Å²) in [5, 5.41) is 0.936. The highest BCUT2D eigenvalue weighted by Gasteiger charge is 2.21. The largest absolute Gasteiger partial charge is 0.345 e. The van der Waals surface area contributed by atoms with Crippen molar-refractivity contribution in [2.24, 2.45) is 0 Å². The van der Waals surface area contributed by atoms with Crippen molar-refractivity contribution in [3.63, 3.8) is 0 Å². The topological polar surface area (TPSA) is 49.3 Å². The lowest BCUT2D eigenvalue weighted by atomic mass is 10.1. The standard InChI is InChI=1S/C17H21FN4OS/c1-2-15-19-17(24-20-15)22-8-4-7-21(9-10-22)16(23)12-13-5-3-6-14(18)11-13/h3,5-6,11H,2,4,7-10,12H2,1H3. The molecule has 0 N–H and O–H groups in total. The molecule has 2 aromatic rings. The first-order chi connectivity index (χ1) is 11.7.